The third-order valence-corrected chi connectivity index (χ3v) is 5.49. The number of rotatable bonds is 4. The number of likely N-dealkylation sites (tertiary alicyclic amines) is 1. The molecule has 1 aromatic heterocycles. The molecule has 0 radical (unpaired) electrons. The van der Waals surface area contributed by atoms with Crippen LogP contribution in [0.2, 0.25) is 0 Å². The molecule has 2 atom stereocenters. The average Bonchev–Trinajstić information content (AvgIpc) is 3.17. The summed E-state index contributed by atoms with van der Waals surface area (Å²) in [6.07, 6.45) is 0. The lowest BCUT2D eigenvalue weighted by Gasteiger charge is -2.16. The Hall–Kier alpha value is -2.14. The second-order valence-electron chi connectivity index (χ2n) is 7.27. The molecule has 2 N–H and O–H groups in total. The minimum Gasteiger partial charge on any atom is -0.326 e. The molecule has 0 unspecified atom stereocenters. The van der Waals surface area contributed by atoms with E-state index >= 15 is 0 Å². The zero-order chi connectivity index (χ0) is 18.1. The predicted octanol–water partition coefficient (Wildman–Crippen LogP) is 3.84. The molecule has 2 heterocycles. The molecule has 1 aliphatic heterocycles. The Kier molecular flexibility index (Phi) is 6.00. The summed E-state index contributed by atoms with van der Waals surface area (Å²) in [5, 5.41) is 4.78. The van der Waals surface area contributed by atoms with E-state index in [0.29, 0.717) is 5.92 Å². The van der Waals surface area contributed by atoms with Crippen molar-refractivity contribution in [2.24, 2.45) is 5.73 Å². The molecule has 0 bridgehead atoms. The molecule has 142 valence electrons. The third kappa shape index (κ3) is 3.93. The highest BCUT2D eigenvalue weighted by Crippen LogP contribution is 2.29. The summed E-state index contributed by atoms with van der Waals surface area (Å²) in [5.74, 6) is 0.404. The highest BCUT2D eigenvalue weighted by atomic mass is 35.5. The van der Waals surface area contributed by atoms with Crippen LogP contribution in [0.4, 0.5) is 0 Å². The number of para-hydroxylation sites is 1. The van der Waals surface area contributed by atoms with Gasteiger partial charge < -0.3 is 5.73 Å². The Morgan fingerprint density at radius 2 is 1.59 bits per heavy atom. The molecule has 0 aliphatic carbocycles. The van der Waals surface area contributed by atoms with Crippen molar-refractivity contribution in [2.75, 3.05) is 13.1 Å². The zero-order valence-corrected chi connectivity index (χ0v) is 16.7. The number of benzene rings is 2. The Labute approximate surface area is 167 Å². The number of nitrogens with zero attached hydrogens (tertiary/aromatic N) is 3. The Morgan fingerprint density at radius 3 is 2.26 bits per heavy atom. The fraction of sp³-hybridized carbons (Fsp3) is 0.318. The minimum atomic E-state index is 0. The van der Waals surface area contributed by atoms with Crippen molar-refractivity contribution in [3.8, 4) is 5.69 Å². The number of halogens is 1. The van der Waals surface area contributed by atoms with Crippen LogP contribution in [0.3, 0.4) is 0 Å². The molecule has 4 nitrogen and oxygen atoms in total. The molecule has 2 aromatic carbocycles. The lowest BCUT2D eigenvalue weighted by molar-refractivity contribution is 0.322. The van der Waals surface area contributed by atoms with Crippen LogP contribution in [0, 0.1) is 13.8 Å². The second-order valence-corrected chi connectivity index (χ2v) is 7.27. The number of hydrogen-bond donors (Lipinski definition) is 1. The smallest absolute Gasteiger partial charge is 0.0648 e. The van der Waals surface area contributed by atoms with Crippen LogP contribution < -0.4 is 5.73 Å². The normalized spacial score (nSPS) is 19.8. The molecule has 5 heteroatoms. The van der Waals surface area contributed by atoms with Crippen molar-refractivity contribution in [2.45, 2.75) is 32.4 Å². The zero-order valence-electron chi connectivity index (χ0n) is 15.9. The maximum Gasteiger partial charge on any atom is 0.0648 e. The Morgan fingerprint density at radius 1 is 0.963 bits per heavy atom. The van der Waals surface area contributed by atoms with Crippen LogP contribution in [-0.4, -0.2) is 33.8 Å². The first-order chi connectivity index (χ1) is 12.6. The van der Waals surface area contributed by atoms with E-state index in [0.717, 1.165) is 31.0 Å². The van der Waals surface area contributed by atoms with Crippen molar-refractivity contribution in [3.63, 3.8) is 0 Å². The second kappa shape index (κ2) is 8.26. The molecule has 0 saturated carbocycles. The van der Waals surface area contributed by atoms with Gasteiger partial charge in [-0.05, 0) is 31.5 Å². The largest absolute Gasteiger partial charge is 0.326 e. The van der Waals surface area contributed by atoms with Crippen molar-refractivity contribution >= 4 is 12.4 Å². The lowest BCUT2D eigenvalue weighted by atomic mass is 9.95. The molecule has 0 amide bonds. The Bertz CT molecular complexity index is 876. The minimum absolute atomic E-state index is 0. The van der Waals surface area contributed by atoms with Gasteiger partial charge in [0.15, 0.2) is 0 Å². The average molecular weight is 383 g/mol. The summed E-state index contributed by atoms with van der Waals surface area (Å²) >= 11 is 0. The first-order valence-corrected chi connectivity index (χ1v) is 9.27. The van der Waals surface area contributed by atoms with E-state index in [1.54, 1.807) is 0 Å². The molecule has 3 aromatic rings. The summed E-state index contributed by atoms with van der Waals surface area (Å²) in [6.45, 7) is 7.09. The maximum atomic E-state index is 6.46. The third-order valence-electron chi connectivity index (χ3n) is 5.49. The molecule has 1 saturated heterocycles. The first-order valence-electron chi connectivity index (χ1n) is 9.27. The van der Waals surface area contributed by atoms with E-state index in [1.807, 2.05) is 6.07 Å². The van der Waals surface area contributed by atoms with Crippen LogP contribution >= 0.6 is 12.4 Å². The summed E-state index contributed by atoms with van der Waals surface area (Å²) in [6, 6.07) is 21.2. The standard InChI is InChI=1S/C22H26N4.ClH/c1-16-20(17(2)26(24-16)19-11-7-4-8-12-19)13-25-14-21(22(23)15-25)18-9-5-3-6-10-18;/h3-12,21-22H,13-15,23H2,1-2H3;1H/t21-,22+;/m0./s1. The first kappa shape index (κ1) is 19.6. The predicted molar refractivity (Wildman–Crippen MR) is 113 cm³/mol. The summed E-state index contributed by atoms with van der Waals surface area (Å²) in [4.78, 5) is 2.47. The SMILES string of the molecule is Cc1nn(-c2ccccc2)c(C)c1CN1C[C@@H](N)[C@H](c2ccccc2)C1.Cl. The van der Waals surface area contributed by atoms with Gasteiger partial charge in [0.25, 0.3) is 0 Å². The lowest BCUT2D eigenvalue weighted by Crippen LogP contribution is -2.28. The monoisotopic (exact) mass is 382 g/mol. The highest BCUT2D eigenvalue weighted by molar-refractivity contribution is 5.85. The number of aromatic nitrogens is 2. The van der Waals surface area contributed by atoms with Crippen LogP contribution in [0.15, 0.2) is 60.7 Å². The van der Waals surface area contributed by atoms with E-state index in [9.17, 15) is 0 Å². The van der Waals surface area contributed by atoms with Gasteiger partial charge in [0.2, 0.25) is 0 Å². The molecule has 1 fully saturated rings. The van der Waals surface area contributed by atoms with Gasteiger partial charge in [0.1, 0.15) is 0 Å². The highest BCUT2D eigenvalue weighted by Gasteiger charge is 2.32. The summed E-state index contributed by atoms with van der Waals surface area (Å²) in [5.41, 5.74) is 12.5. The molecular weight excluding hydrogens is 356 g/mol. The van der Waals surface area contributed by atoms with Gasteiger partial charge in [0, 0.05) is 42.9 Å². The van der Waals surface area contributed by atoms with Gasteiger partial charge in [-0.25, -0.2) is 4.68 Å². The van der Waals surface area contributed by atoms with Gasteiger partial charge in [-0.2, -0.15) is 5.10 Å². The van der Waals surface area contributed by atoms with Gasteiger partial charge in [-0.3, -0.25) is 4.90 Å². The number of aryl methyl sites for hydroxylation is 1. The van der Waals surface area contributed by atoms with Gasteiger partial charge in [-0.1, -0.05) is 48.5 Å². The van der Waals surface area contributed by atoms with E-state index in [4.69, 9.17) is 10.8 Å². The fourth-order valence-electron chi connectivity index (χ4n) is 4.04. The number of hydrogen-bond acceptors (Lipinski definition) is 3. The topological polar surface area (TPSA) is 47.1 Å². The molecule has 4 rings (SSSR count). The van der Waals surface area contributed by atoms with Gasteiger partial charge in [-0.15, -0.1) is 12.4 Å². The molecular formula is C22H27ClN4. The summed E-state index contributed by atoms with van der Waals surface area (Å²) in [7, 11) is 0. The van der Waals surface area contributed by atoms with Crippen LogP contribution in [0.25, 0.3) is 5.69 Å². The Balaban J connectivity index is 0.00000210. The van der Waals surface area contributed by atoms with Crippen molar-refractivity contribution in [1.82, 2.24) is 14.7 Å². The van der Waals surface area contributed by atoms with Crippen LogP contribution in [0.5, 0.6) is 0 Å². The van der Waals surface area contributed by atoms with Crippen molar-refractivity contribution in [1.29, 1.82) is 0 Å². The van der Waals surface area contributed by atoms with E-state index in [-0.39, 0.29) is 18.4 Å². The van der Waals surface area contributed by atoms with Crippen molar-refractivity contribution < 1.29 is 0 Å². The fourth-order valence-corrected chi connectivity index (χ4v) is 4.04. The van der Waals surface area contributed by atoms with E-state index in [2.05, 4.69) is 78.0 Å². The quantitative estimate of drug-likeness (QED) is 0.745. The maximum absolute atomic E-state index is 6.46. The van der Waals surface area contributed by atoms with Gasteiger partial charge >= 0.3 is 0 Å². The summed E-state index contributed by atoms with van der Waals surface area (Å²) < 4.78 is 2.05. The van der Waals surface area contributed by atoms with Gasteiger partial charge in [0.05, 0.1) is 11.4 Å². The van der Waals surface area contributed by atoms with E-state index < -0.39 is 0 Å². The van der Waals surface area contributed by atoms with Crippen molar-refractivity contribution in [3.05, 3.63) is 83.2 Å². The molecule has 1 aliphatic rings. The molecule has 0 spiro atoms. The molecule has 27 heavy (non-hydrogen) atoms. The number of nitrogens with two attached hydrogens (primary N) is 1. The van der Waals surface area contributed by atoms with Crippen LogP contribution in [-0.2, 0) is 6.54 Å². The van der Waals surface area contributed by atoms with E-state index in [1.165, 1.54) is 16.8 Å². The van der Waals surface area contributed by atoms with Crippen LogP contribution in [0.1, 0.15) is 28.4 Å².